The van der Waals surface area contributed by atoms with E-state index in [-0.39, 0.29) is 10.6 Å². The molecule has 0 fully saturated rings. The lowest BCUT2D eigenvalue weighted by molar-refractivity contribution is -0.385. The second kappa shape index (κ2) is 7.49. The van der Waals surface area contributed by atoms with Crippen LogP contribution in [-0.2, 0) is 10.0 Å². The summed E-state index contributed by atoms with van der Waals surface area (Å²) >= 11 is 0. The third-order valence-electron chi connectivity index (χ3n) is 4.51. The van der Waals surface area contributed by atoms with Gasteiger partial charge in [-0.25, -0.2) is 22.8 Å². The molecule has 1 heterocycles. The van der Waals surface area contributed by atoms with Crippen molar-refractivity contribution >= 4 is 15.7 Å². The zero-order chi connectivity index (χ0) is 20.5. The van der Waals surface area contributed by atoms with E-state index >= 15 is 0 Å². The second-order valence-electron chi connectivity index (χ2n) is 6.42. The monoisotopic (exact) mass is 401 g/mol. The number of nitro groups is 1. The highest BCUT2D eigenvalue weighted by atomic mass is 32.2. The molecule has 0 spiro atoms. The Morgan fingerprint density at radius 1 is 1.18 bits per heavy atom. The first-order chi connectivity index (χ1) is 13.2. The average Bonchev–Trinajstić information content (AvgIpc) is 3.18. The number of rotatable bonds is 6. The van der Waals surface area contributed by atoms with Crippen LogP contribution in [0.25, 0.3) is 5.69 Å². The summed E-state index contributed by atoms with van der Waals surface area (Å²) in [5.41, 5.74) is 2.30. The fraction of sp³-hybridized carbons (Fsp3) is 0.222. The number of sulfonamides is 1. The van der Waals surface area contributed by atoms with Crippen molar-refractivity contribution in [3.05, 3.63) is 75.9 Å². The topological polar surface area (TPSA) is 120 Å². The van der Waals surface area contributed by atoms with Gasteiger partial charge in [0.05, 0.1) is 15.5 Å². The molecule has 0 unspecified atom stereocenters. The molecule has 146 valence electrons. The zero-order valence-corrected chi connectivity index (χ0v) is 16.3. The number of aromatic nitrogens is 3. The summed E-state index contributed by atoms with van der Waals surface area (Å²) in [5.74, 6) is 0. The van der Waals surface area contributed by atoms with Gasteiger partial charge < -0.3 is 0 Å². The van der Waals surface area contributed by atoms with Crippen molar-refractivity contribution in [3.8, 4) is 5.69 Å². The average molecular weight is 401 g/mol. The van der Waals surface area contributed by atoms with Crippen LogP contribution in [0.3, 0.4) is 0 Å². The van der Waals surface area contributed by atoms with Gasteiger partial charge in [-0.2, -0.15) is 5.10 Å². The summed E-state index contributed by atoms with van der Waals surface area (Å²) in [4.78, 5) is 14.3. The highest BCUT2D eigenvalue weighted by Gasteiger charge is 2.24. The number of non-ortho nitro benzene ring substituents is 1. The summed E-state index contributed by atoms with van der Waals surface area (Å²) < 4.78 is 29.9. The fourth-order valence-corrected chi connectivity index (χ4v) is 4.38. The molecule has 0 radical (unpaired) electrons. The summed E-state index contributed by atoms with van der Waals surface area (Å²) in [7, 11) is -3.95. The van der Waals surface area contributed by atoms with Crippen LogP contribution in [0.1, 0.15) is 29.7 Å². The molecule has 0 bridgehead atoms. The number of nitrogens with one attached hydrogen (secondary N) is 1. The number of benzene rings is 2. The standard InChI is InChI=1S/C18H19N5O4S/c1-12-8-17(23(24)25)9-18(13(12)2)28(26,27)21-14(3)15-4-6-16(7-5-15)22-11-19-10-20-22/h4-11,14,21H,1-3H3/t14-/m0/s1. The van der Waals surface area contributed by atoms with E-state index in [4.69, 9.17) is 0 Å². The largest absolute Gasteiger partial charge is 0.271 e. The van der Waals surface area contributed by atoms with Gasteiger partial charge in [-0.05, 0) is 49.6 Å². The van der Waals surface area contributed by atoms with Crippen LogP contribution in [0.2, 0.25) is 0 Å². The Bertz CT molecular complexity index is 1110. The Balaban J connectivity index is 1.87. The first-order valence-electron chi connectivity index (χ1n) is 8.42. The number of nitrogens with zero attached hydrogens (tertiary/aromatic N) is 4. The van der Waals surface area contributed by atoms with Gasteiger partial charge in [0.1, 0.15) is 12.7 Å². The fourth-order valence-electron chi connectivity index (χ4n) is 2.81. The van der Waals surface area contributed by atoms with E-state index in [1.807, 2.05) is 0 Å². The van der Waals surface area contributed by atoms with E-state index in [9.17, 15) is 18.5 Å². The number of aryl methyl sites for hydroxylation is 1. The molecule has 10 heteroatoms. The molecular formula is C18H19N5O4S. The third kappa shape index (κ3) is 3.92. The molecule has 9 nitrogen and oxygen atoms in total. The van der Waals surface area contributed by atoms with Crippen molar-refractivity contribution in [1.29, 1.82) is 0 Å². The minimum Gasteiger partial charge on any atom is -0.258 e. The van der Waals surface area contributed by atoms with Gasteiger partial charge in [-0.15, -0.1) is 0 Å². The van der Waals surface area contributed by atoms with Crippen LogP contribution in [-0.4, -0.2) is 28.1 Å². The molecule has 1 aromatic heterocycles. The molecule has 28 heavy (non-hydrogen) atoms. The van der Waals surface area contributed by atoms with Crippen molar-refractivity contribution in [1.82, 2.24) is 19.5 Å². The predicted octanol–water partition coefficient (Wildman–Crippen LogP) is 2.83. The van der Waals surface area contributed by atoms with Gasteiger partial charge in [-0.3, -0.25) is 10.1 Å². The lowest BCUT2D eigenvalue weighted by Gasteiger charge is -2.17. The number of hydrogen-bond donors (Lipinski definition) is 1. The molecular weight excluding hydrogens is 382 g/mol. The van der Waals surface area contributed by atoms with Gasteiger partial charge in [0, 0.05) is 18.2 Å². The van der Waals surface area contributed by atoms with Crippen LogP contribution in [0, 0.1) is 24.0 Å². The van der Waals surface area contributed by atoms with Crippen LogP contribution in [0.15, 0.2) is 53.9 Å². The summed E-state index contributed by atoms with van der Waals surface area (Å²) in [5, 5.41) is 15.1. The molecule has 1 atom stereocenters. The lowest BCUT2D eigenvalue weighted by Crippen LogP contribution is -2.27. The molecule has 2 aromatic carbocycles. The van der Waals surface area contributed by atoms with E-state index in [0.29, 0.717) is 11.1 Å². The van der Waals surface area contributed by atoms with Crippen LogP contribution in [0.5, 0.6) is 0 Å². The van der Waals surface area contributed by atoms with Gasteiger partial charge in [-0.1, -0.05) is 12.1 Å². The van der Waals surface area contributed by atoms with E-state index in [1.165, 1.54) is 12.4 Å². The van der Waals surface area contributed by atoms with Crippen molar-refractivity contribution in [2.45, 2.75) is 31.7 Å². The molecule has 0 saturated heterocycles. The molecule has 1 N–H and O–H groups in total. The van der Waals surface area contributed by atoms with Crippen molar-refractivity contribution in [2.24, 2.45) is 0 Å². The van der Waals surface area contributed by atoms with E-state index in [1.54, 1.807) is 56.0 Å². The smallest absolute Gasteiger partial charge is 0.258 e. The minimum atomic E-state index is -3.95. The highest BCUT2D eigenvalue weighted by molar-refractivity contribution is 7.89. The molecule has 3 rings (SSSR count). The lowest BCUT2D eigenvalue weighted by atomic mass is 10.1. The first-order valence-corrected chi connectivity index (χ1v) is 9.90. The molecule has 0 aliphatic heterocycles. The molecule has 3 aromatic rings. The highest BCUT2D eigenvalue weighted by Crippen LogP contribution is 2.27. The Hall–Kier alpha value is -3.11. The predicted molar refractivity (Wildman–Crippen MR) is 103 cm³/mol. The summed E-state index contributed by atoms with van der Waals surface area (Å²) in [6.07, 6.45) is 2.99. The van der Waals surface area contributed by atoms with Crippen molar-refractivity contribution in [3.63, 3.8) is 0 Å². The number of hydrogen-bond acceptors (Lipinski definition) is 6. The Kier molecular flexibility index (Phi) is 5.25. The minimum absolute atomic E-state index is 0.0923. The summed E-state index contributed by atoms with van der Waals surface area (Å²) in [6.45, 7) is 4.99. The van der Waals surface area contributed by atoms with Gasteiger partial charge in [0.15, 0.2) is 0 Å². The van der Waals surface area contributed by atoms with Crippen LogP contribution < -0.4 is 4.72 Å². The van der Waals surface area contributed by atoms with Gasteiger partial charge in [0.2, 0.25) is 10.0 Å². The van der Waals surface area contributed by atoms with E-state index < -0.39 is 21.0 Å². The Labute approximate surface area is 162 Å². The van der Waals surface area contributed by atoms with Crippen molar-refractivity contribution in [2.75, 3.05) is 0 Å². The van der Waals surface area contributed by atoms with Crippen molar-refractivity contribution < 1.29 is 13.3 Å². The second-order valence-corrected chi connectivity index (χ2v) is 8.10. The molecule has 0 amide bonds. The maximum atomic E-state index is 12.9. The van der Waals surface area contributed by atoms with E-state index in [0.717, 1.165) is 17.3 Å². The van der Waals surface area contributed by atoms with Crippen LogP contribution >= 0.6 is 0 Å². The molecule has 0 aliphatic carbocycles. The van der Waals surface area contributed by atoms with E-state index in [2.05, 4.69) is 14.8 Å². The van der Waals surface area contributed by atoms with Crippen LogP contribution in [0.4, 0.5) is 5.69 Å². The maximum Gasteiger partial charge on any atom is 0.271 e. The SMILES string of the molecule is Cc1cc([N+](=O)[O-])cc(S(=O)(=O)N[C@@H](C)c2ccc(-n3cncn3)cc2)c1C. The summed E-state index contributed by atoms with van der Waals surface area (Å²) in [6, 6.07) is 9.10. The molecule has 0 aliphatic rings. The third-order valence-corrected chi connectivity index (χ3v) is 6.18. The quantitative estimate of drug-likeness (QED) is 0.501. The van der Waals surface area contributed by atoms with Gasteiger partial charge >= 0.3 is 0 Å². The number of nitro benzene ring substituents is 1. The Morgan fingerprint density at radius 3 is 2.43 bits per heavy atom. The molecule has 0 saturated carbocycles. The maximum absolute atomic E-state index is 12.9. The van der Waals surface area contributed by atoms with Gasteiger partial charge in [0.25, 0.3) is 5.69 Å². The normalized spacial score (nSPS) is 12.7. The Morgan fingerprint density at radius 2 is 1.86 bits per heavy atom. The zero-order valence-electron chi connectivity index (χ0n) is 15.5. The first kappa shape index (κ1) is 19.6.